The number of fused-ring (bicyclic) bond motifs is 1. The van der Waals surface area contributed by atoms with Crippen LogP contribution in [0.15, 0.2) is 97.5 Å². The van der Waals surface area contributed by atoms with E-state index < -0.39 is 0 Å². The van der Waals surface area contributed by atoms with Gasteiger partial charge in [-0.15, -0.1) is 0 Å². The molecule has 5 rings (SSSR count). The summed E-state index contributed by atoms with van der Waals surface area (Å²) in [6.45, 7) is 5.64. The van der Waals surface area contributed by atoms with E-state index in [-0.39, 0.29) is 24.3 Å². The third kappa shape index (κ3) is 8.69. The molecule has 0 unspecified atom stereocenters. The van der Waals surface area contributed by atoms with E-state index >= 15 is 0 Å². The Balaban J connectivity index is 1.35. The maximum Gasteiger partial charge on any atom is 0.226 e. The normalized spacial score (nSPS) is 12.2. The van der Waals surface area contributed by atoms with Gasteiger partial charge in [0.05, 0.1) is 34.4 Å². The fraction of sp³-hybridized carbons (Fsp3) is 0.243. The second-order valence-electron chi connectivity index (χ2n) is 11.6. The average Bonchev–Trinajstić information content (AvgIpc) is 3.51. The van der Waals surface area contributed by atoms with Gasteiger partial charge in [0.1, 0.15) is 0 Å². The zero-order valence-electron chi connectivity index (χ0n) is 26.3. The third-order valence-corrected chi connectivity index (χ3v) is 9.60. The first kappa shape index (κ1) is 33.9. The molecular formula is C37H36Cl2N6OS. The van der Waals surface area contributed by atoms with Crippen molar-refractivity contribution in [1.82, 2.24) is 19.8 Å². The average molecular weight is 684 g/mol. The van der Waals surface area contributed by atoms with Gasteiger partial charge in [-0.3, -0.25) is 4.79 Å². The van der Waals surface area contributed by atoms with E-state index in [4.69, 9.17) is 40.7 Å². The lowest BCUT2D eigenvalue weighted by atomic mass is 9.98. The Kier molecular flexibility index (Phi) is 11.5. The lowest BCUT2D eigenvalue weighted by molar-refractivity contribution is -0.121. The standard InChI is InChI=1S/C37H36Cl2N6OS/c1-3-25(2)34(42-35(46)18-30-20-41-24-45(30)21-27-16-14-26(19-40)15-17-27)23-44(22-29-10-6-12-32(38)36(29)39)37(47)43-33-13-7-9-28-8-4-5-11-31(28)33/h4-17,20,24-25,34H,3,18,21-23H2,1-2H3,(H,42,46)(H,43,47)/t25-,34+/m0/s1. The number of hydrogen-bond donors (Lipinski definition) is 2. The molecule has 7 nitrogen and oxygen atoms in total. The second-order valence-corrected chi connectivity index (χ2v) is 12.8. The number of benzene rings is 4. The molecule has 0 saturated heterocycles. The highest BCUT2D eigenvalue weighted by Gasteiger charge is 2.25. The summed E-state index contributed by atoms with van der Waals surface area (Å²) in [5, 5.41) is 19.5. The Morgan fingerprint density at radius 3 is 2.55 bits per heavy atom. The molecule has 4 aromatic carbocycles. The molecule has 2 N–H and O–H groups in total. The van der Waals surface area contributed by atoms with Crippen molar-refractivity contribution in [3.63, 3.8) is 0 Å². The third-order valence-electron chi connectivity index (χ3n) is 8.38. The summed E-state index contributed by atoms with van der Waals surface area (Å²) in [5.74, 6) is 0.0470. The fourth-order valence-electron chi connectivity index (χ4n) is 5.46. The van der Waals surface area contributed by atoms with Crippen LogP contribution in [0.5, 0.6) is 0 Å². The highest BCUT2D eigenvalue weighted by atomic mass is 35.5. The van der Waals surface area contributed by atoms with Gasteiger partial charge >= 0.3 is 0 Å². The number of aromatic nitrogens is 2. The van der Waals surface area contributed by atoms with Crippen LogP contribution in [-0.4, -0.2) is 38.1 Å². The summed E-state index contributed by atoms with van der Waals surface area (Å²) < 4.78 is 1.95. The van der Waals surface area contributed by atoms with Gasteiger partial charge in [0.15, 0.2) is 5.11 Å². The van der Waals surface area contributed by atoms with Gasteiger partial charge in [-0.2, -0.15) is 5.26 Å². The molecule has 2 atom stereocenters. The van der Waals surface area contributed by atoms with Gasteiger partial charge in [0, 0.05) is 48.6 Å². The minimum atomic E-state index is -0.215. The summed E-state index contributed by atoms with van der Waals surface area (Å²) in [6, 6.07) is 29.1. The van der Waals surface area contributed by atoms with Crippen molar-refractivity contribution < 1.29 is 4.79 Å². The SMILES string of the molecule is CC[C@H](C)[C@@H](CN(Cc1cccc(Cl)c1Cl)C(=S)Nc1cccc2ccccc12)NC(=O)Cc1cncn1Cc1ccc(C#N)cc1. The molecule has 0 radical (unpaired) electrons. The molecule has 10 heteroatoms. The molecule has 1 amide bonds. The minimum Gasteiger partial charge on any atom is -0.351 e. The summed E-state index contributed by atoms with van der Waals surface area (Å²) >= 11 is 19.1. The Morgan fingerprint density at radius 1 is 1.04 bits per heavy atom. The van der Waals surface area contributed by atoms with Crippen molar-refractivity contribution in [2.75, 3.05) is 11.9 Å². The quantitative estimate of drug-likeness (QED) is 0.129. The maximum absolute atomic E-state index is 13.6. The number of imidazole rings is 1. The number of halogens is 2. The zero-order valence-corrected chi connectivity index (χ0v) is 28.6. The molecule has 0 aliphatic carbocycles. The van der Waals surface area contributed by atoms with E-state index in [0.717, 1.165) is 39.7 Å². The molecule has 0 aliphatic rings. The van der Waals surface area contributed by atoms with Crippen molar-refractivity contribution in [3.8, 4) is 6.07 Å². The number of nitriles is 1. The smallest absolute Gasteiger partial charge is 0.226 e. The van der Waals surface area contributed by atoms with Crippen LogP contribution in [0.1, 0.15) is 42.7 Å². The Hall–Kier alpha value is -4.42. The van der Waals surface area contributed by atoms with Crippen LogP contribution >= 0.6 is 35.4 Å². The molecule has 0 aliphatic heterocycles. The lowest BCUT2D eigenvalue weighted by Gasteiger charge is -2.33. The van der Waals surface area contributed by atoms with Gasteiger partial charge in [0.2, 0.25) is 5.91 Å². The predicted molar refractivity (Wildman–Crippen MR) is 195 cm³/mol. The van der Waals surface area contributed by atoms with Crippen LogP contribution in [0.3, 0.4) is 0 Å². The molecule has 47 heavy (non-hydrogen) atoms. The topological polar surface area (TPSA) is 86.0 Å². The van der Waals surface area contributed by atoms with Crippen molar-refractivity contribution in [1.29, 1.82) is 5.26 Å². The van der Waals surface area contributed by atoms with Crippen molar-refractivity contribution in [3.05, 3.63) is 130 Å². The number of nitrogens with zero attached hydrogens (tertiary/aromatic N) is 4. The molecular weight excluding hydrogens is 647 g/mol. The lowest BCUT2D eigenvalue weighted by Crippen LogP contribution is -2.50. The van der Waals surface area contributed by atoms with E-state index in [0.29, 0.717) is 40.4 Å². The van der Waals surface area contributed by atoms with Crippen LogP contribution < -0.4 is 10.6 Å². The first-order valence-corrected chi connectivity index (χ1v) is 16.7. The molecule has 0 saturated carbocycles. The van der Waals surface area contributed by atoms with Crippen LogP contribution in [0.4, 0.5) is 5.69 Å². The number of anilines is 1. The highest BCUT2D eigenvalue weighted by Crippen LogP contribution is 2.28. The highest BCUT2D eigenvalue weighted by molar-refractivity contribution is 7.80. The number of carbonyl (C=O) groups excluding carboxylic acids is 1. The number of nitrogens with one attached hydrogen (secondary N) is 2. The van der Waals surface area contributed by atoms with Crippen LogP contribution in [0.25, 0.3) is 10.8 Å². The molecule has 0 bridgehead atoms. The Morgan fingerprint density at radius 2 is 1.79 bits per heavy atom. The van der Waals surface area contributed by atoms with Crippen LogP contribution in [-0.2, 0) is 24.3 Å². The van der Waals surface area contributed by atoms with Gasteiger partial charge in [-0.1, -0.05) is 104 Å². The maximum atomic E-state index is 13.6. The van der Waals surface area contributed by atoms with Gasteiger partial charge < -0.3 is 20.1 Å². The number of amides is 1. The number of thiocarbonyl (C=S) groups is 1. The fourth-order valence-corrected chi connectivity index (χ4v) is 6.08. The van der Waals surface area contributed by atoms with Crippen molar-refractivity contribution in [2.45, 2.75) is 45.8 Å². The van der Waals surface area contributed by atoms with E-state index in [2.05, 4.69) is 53.7 Å². The monoisotopic (exact) mass is 682 g/mol. The second kappa shape index (κ2) is 15.9. The molecule has 0 spiro atoms. The molecule has 1 aromatic heterocycles. The van der Waals surface area contributed by atoms with E-state index in [1.54, 1.807) is 30.7 Å². The number of rotatable bonds is 12. The molecule has 0 fully saturated rings. The minimum absolute atomic E-state index is 0.106. The molecule has 240 valence electrons. The van der Waals surface area contributed by atoms with Crippen LogP contribution in [0, 0.1) is 17.2 Å². The van der Waals surface area contributed by atoms with Crippen molar-refractivity contribution in [2.24, 2.45) is 5.92 Å². The van der Waals surface area contributed by atoms with E-state index in [1.807, 2.05) is 58.0 Å². The summed E-state index contributed by atoms with van der Waals surface area (Å²) in [5.41, 5.74) is 4.15. The number of hydrogen-bond acceptors (Lipinski definition) is 4. The van der Waals surface area contributed by atoms with Gasteiger partial charge in [0.25, 0.3) is 0 Å². The predicted octanol–water partition coefficient (Wildman–Crippen LogP) is 8.24. The number of carbonyl (C=O) groups is 1. The largest absolute Gasteiger partial charge is 0.351 e. The van der Waals surface area contributed by atoms with Gasteiger partial charge in [-0.25, -0.2) is 4.98 Å². The zero-order chi connectivity index (χ0) is 33.3. The van der Waals surface area contributed by atoms with E-state index in [9.17, 15) is 4.79 Å². The molecule has 1 heterocycles. The molecule has 5 aromatic rings. The Bertz CT molecular complexity index is 1900. The first-order chi connectivity index (χ1) is 22.7. The van der Waals surface area contributed by atoms with E-state index in [1.165, 1.54) is 0 Å². The summed E-state index contributed by atoms with van der Waals surface area (Å²) in [6.07, 6.45) is 4.47. The summed E-state index contributed by atoms with van der Waals surface area (Å²) in [4.78, 5) is 19.9. The summed E-state index contributed by atoms with van der Waals surface area (Å²) in [7, 11) is 0. The van der Waals surface area contributed by atoms with Gasteiger partial charge in [-0.05, 0) is 58.9 Å². The van der Waals surface area contributed by atoms with Crippen LogP contribution in [0.2, 0.25) is 10.0 Å². The first-order valence-electron chi connectivity index (χ1n) is 15.5. The Labute approximate surface area is 291 Å². The van der Waals surface area contributed by atoms with Crippen molar-refractivity contribution >= 4 is 62.9 Å².